The van der Waals surface area contributed by atoms with Crippen molar-refractivity contribution in [2.24, 2.45) is 5.73 Å². The van der Waals surface area contributed by atoms with Gasteiger partial charge in [0.05, 0.1) is 16.7 Å². The summed E-state index contributed by atoms with van der Waals surface area (Å²) in [7, 11) is 0. The van der Waals surface area contributed by atoms with Gasteiger partial charge in [0, 0.05) is 4.88 Å². The van der Waals surface area contributed by atoms with E-state index in [1.54, 1.807) is 0 Å². The molecule has 0 atom stereocenters. The fraction of sp³-hybridized carbons (Fsp3) is 0.294. The zero-order valence-electron chi connectivity index (χ0n) is 13.4. The van der Waals surface area contributed by atoms with Crippen LogP contribution in [0.15, 0.2) is 18.2 Å². The number of hydrogen-bond donors (Lipinski definition) is 2. The Balaban J connectivity index is 1.91. The predicted molar refractivity (Wildman–Crippen MR) is 88.8 cm³/mol. The Morgan fingerprint density at radius 2 is 1.85 bits per heavy atom. The van der Waals surface area contributed by atoms with Crippen LogP contribution in [-0.4, -0.2) is 11.8 Å². The largest absolute Gasteiger partial charge is 0.416 e. The molecule has 26 heavy (non-hydrogen) atoms. The number of primary amides is 1. The number of nitrogens with one attached hydrogen (secondary N) is 1. The van der Waals surface area contributed by atoms with Gasteiger partial charge < -0.3 is 11.1 Å². The third-order valence-electron chi connectivity index (χ3n) is 4.19. The molecule has 1 aromatic heterocycles. The second-order valence-electron chi connectivity index (χ2n) is 5.93. The van der Waals surface area contributed by atoms with Crippen LogP contribution in [-0.2, 0) is 19.0 Å². The molecule has 4 nitrogen and oxygen atoms in total. The van der Waals surface area contributed by atoms with Gasteiger partial charge in [-0.3, -0.25) is 9.59 Å². The first-order valence-corrected chi connectivity index (χ1v) is 8.62. The second kappa shape index (κ2) is 6.71. The van der Waals surface area contributed by atoms with E-state index in [9.17, 15) is 27.2 Å². The molecule has 3 N–H and O–H groups in total. The molecule has 0 bridgehead atoms. The number of hydrogen-bond acceptors (Lipinski definition) is 3. The highest BCUT2D eigenvalue weighted by molar-refractivity contribution is 7.17. The summed E-state index contributed by atoms with van der Waals surface area (Å²) >= 11 is 1.19. The molecular formula is C17H14F4N2O2S. The van der Waals surface area contributed by atoms with Crippen molar-refractivity contribution in [3.05, 3.63) is 51.1 Å². The lowest BCUT2D eigenvalue weighted by atomic mass is 9.95. The van der Waals surface area contributed by atoms with Crippen LogP contribution < -0.4 is 11.1 Å². The summed E-state index contributed by atoms with van der Waals surface area (Å²) in [5.74, 6) is -2.93. The molecule has 0 saturated carbocycles. The normalized spacial score (nSPS) is 14.0. The number of carbonyl (C=O) groups is 2. The predicted octanol–water partition coefficient (Wildman–Crippen LogP) is 4.14. The molecule has 1 aromatic carbocycles. The number of carbonyl (C=O) groups excluding carboxylic acids is 2. The van der Waals surface area contributed by atoms with Gasteiger partial charge in [-0.25, -0.2) is 4.39 Å². The van der Waals surface area contributed by atoms with Crippen molar-refractivity contribution in [3.63, 3.8) is 0 Å². The van der Waals surface area contributed by atoms with Crippen LogP contribution in [0.5, 0.6) is 0 Å². The molecule has 0 saturated heterocycles. The molecule has 0 fully saturated rings. The number of thiophene rings is 1. The van der Waals surface area contributed by atoms with E-state index >= 15 is 0 Å². The average Bonchev–Trinajstić information content (AvgIpc) is 2.91. The lowest BCUT2D eigenvalue weighted by molar-refractivity contribution is -0.137. The Kier molecular flexibility index (Phi) is 4.74. The maximum Gasteiger partial charge on any atom is 0.416 e. The first-order chi connectivity index (χ1) is 12.2. The number of alkyl halides is 3. The molecule has 138 valence electrons. The lowest BCUT2D eigenvalue weighted by Gasteiger charge is -2.11. The number of benzene rings is 1. The van der Waals surface area contributed by atoms with E-state index in [1.165, 1.54) is 11.3 Å². The van der Waals surface area contributed by atoms with Gasteiger partial charge in [0.25, 0.3) is 11.8 Å². The van der Waals surface area contributed by atoms with Gasteiger partial charge in [0.15, 0.2) is 0 Å². The van der Waals surface area contributed by atoms with E-state index in [4.69, 9.17) is 5.73 Å². The summed E-state index contributed by atoms with van der Waals surface area (Å²) in [6.45, 7) is 0. The summed E-state index contributed by atoms with van der Waals surface area (Å²) in [5.41, 5.74) is 4.67. The third kappa shape index (κ3) is 3.44. The fourth-order valence-electron chi connectivity index (χ4n) is 2.96. The highest BCUT2D eigenvalue weighted by atomic mass is 32.1. The third-order valence-corrected chi connectivity index (χ3v) is 5.39. The van der Waals surface area contributed by atoms with E-state index < -0.39 is 34.9 Å². The molecule has 0 unspecified atom stereocenters. The minimum atomic E-state index is -4.71. The van der Waals surface area contributed by atoms with Crippen molar-refractivity contribution in [1.82, 2.24) is 0 Å². The number of anilines is 1. The number of nitrogens with two attached hydrogens (primary N) is 1. The van der Waals surface area contributed by atoms with E-state index in [0.717, 1.165) is 35.8 Å². The zero-order chi connectivity index (χ0) is 19.1. The van der Waals surface area contributed by atoms with Crippen molar-refractivity contribution >= 4 is 28.2 Å². The Labute approximate surface area is 150 Å². The molecule has 1 aliphatic carbocycles. The Morgan fingerprint density at radius 1 is 1.15 bits per heavy atom. The van der Waals surface area contributed by atoms with Gasteiger partial charge in [-0.1, -0.05) is 0 Å². The number of halogens is 4. The highest BCUT2D eigenvalue weighted by Crippen LogP contribution is 2.38. The van der Waals surface area contributed by atoms with Crippen molar-refractivity contribution in [1.29, 1.82) is 0 Å². The van der Waals surface area contributed by atoms with E-state index in [-0.39, 0.29) is 16.6 Å². The minimum Gasteiger partial charge on any atom is -0.365 e. The molecule has 1 heterocycles. The van der Waals surface area contributed by atoms with Crippen LogP contribution in [0.2, 0.25) is 0 Å². The molecule has 2 amide bonds. The quantitative estimate of drug-likeness (QED) is 0.779. The molecule has 0 radical (unpaired) electrons. The number of fused-ring (bicyclic) bond motifs is 1. The number of rotatable bonds is 3. The SMILES string of the molecule is NC(=O)c1c(NC(=O)c2ccc(C(F)(F)F)cc2F)sc2c1CCCC2. The van der Waals surface area contributed by atoms with Gasteiger partial charge in [-0.2, -0.15) is 13.2 Å². The van der Waals surface area contributed by atoms with Gasteiger partial charge in [-0.05, 0) is 49.4 Å². The monoisotopic (exact) mass is 386 g/mol. The van der Waals surface area contributed by atoms with Crippen LogP contribution in [0.3, 0.4) is 0 Å². The molecule has 3 rings (SSSR count). The van der Waals surface area contributed by atoms with Crippen LogP contribution in [0.4, 0.5) is 22.6 Å². The van der Waals surface area contributed by atoms with Crippen LogP contribution >= 0.6 is 11.3 Å². The van der Waals surface area contributed by atoms with Crippen molar-refractivity contribution < 1.29 is 27.2 Å². The zero-order valence-corrected chi connectivity index (χ0v) is 14.2. The van der Waals surface area contributed by atoms with Crippen LogP contribution in [0, 0.1) is 5.82 Å². The van der Waals surface area contributed by atoms with Crippen LogP contribution in [0.25, 0.3) is 0 Å². The smallest absolute Gasteiger partial charge is 0.365 e. The summed E-state index contributed by atoms with van der Waals surface area (Å²) in [4.78, 5) is 25.0. The van der Waals surface area contributed by atoms with Crippen LogP contribution in [0.1, 0.15) is 49.6 Å². The molecular weight excluding hydrogens is 372 g/mol. The summed E-state index contributed by atoms with van der Waals surface area (Å²) in [6, 6.07) is 1.67. The Bertz CT molecular complexity index is 890. The maximum atomic E-state index is 14.0. The van der Waals surface area contributed by atoms with Crippen molar-refractivity contribution in [3.8, 4) is 0 Å². The number of amides is 2. The van der Waals surface area contributed by atoms with E-state index in [1.807, 2.05) is 0 Å². The van der Waals surface area contributed by atoms with Gasteiger partial charge in [-0.15, -0.1) is 11.3 Å². The second-order valence-corrected chi connectivity index (χ2v) is 7.03. The topological polar surface area (TPSA) is 72.2 Å². The molecule has 2 aromatic rings. The van der Waals surface area contributed by atoms with Gasteiger partial charge >= 0.3 is 6.18 Å². The molecule has 0 spiro atoms. The average molecular weight is 386 g/mol. The summed E-state index contributed by atoms with van der Waals surface area (Å²) < 4.78 is 51.8. The molecule has 9 heteroatoms. The van der Waals surface area contributed by atoms with Crippen molar-refractivity contribution in [2.75, 3.05) is 5.32 Å². The fourth-order valence-corrected chi connectivity index (χ4v) is 4.25. The first kappa shape index (κ1) is 18.4. The lowest BCUT2D eigenvalue weighted by Crippen LogP contribution is -2.19. The molecule has 1 aliphatic rings. The minimum absolute atomic E-state index is 0.199. The number of aryl methyl sites for hydroxylation is 1. The first-order valence-electron chi connectivity index (χ1n) is 7.81. The van der Waals surface area contributed by atoms with E-state index in [0.29, 0.717) is 12.5 Å². The highest BCUT2D eigenvalue weighted by Gasteiger charge is 2.32. The summed E-state index contributed by atoms with van der Waals surface area (Å²) in [5, 5.41) is 2.62. The Morgan fingerprint density at radius 3 is 2.46 bits per heavy atom. The van der Waals surface area contributed by atoms with E-state index in [2.05, 4.69) is 5.32 Å². The van der Waals surface area contributed by atoms with Gasteiger partial charge in [0.1, 0.15) is 10.8 Å². The van der Waals surface area contributed by atoms with Gasteiger partial charge in [0.2, 0.25) is 0 Å². The summed E-state index contributed by atoms with van der Waals surface area (Å²) in [6.07, 6.45) is -1.45. The molecule has 0 aliphatic heterocycles. The van der Waals surface area contributed by atoms with Crippen molar-refractivity contribution in [2.45, 2.75) is 31.9 Å². The standard InChI is InChI=1S/C17H14F4N2O2S/c18-11-7-8(17(19,20)21)5-6-9(11)15(25)23-16-13(14(22)24)10-3-1-2-4-12(10)26-16/h5-7H,1-4H2,(H2,22,24)(H,23,25). The maximum absolute atomic E-state index is 14.0. The Hall–Kier alpha value is -2.42.